The number of anilines is 1. The van der Waals surface area contributed by atoms with Gasteiger partial charge in [0.2, 0.25) is 5.91 Å². The summed E-state index contributed by atoms with van der Waals surface area (Å²) in [6.07, 6.45) is 8.22. The van der Waals surface area contributed by atoms with E-state index in [4.69, 9.17) is 23.2 Å². The topological polar surface area (TPSA) is 89.8 Å². The number of nitrogens with one attached hydrogen (secondary N) is 1. The second kappa shape index (κ2) is 10.7. The molecule has 0 saturated heterocycles. The smallest absolute Gasteiger partial charge is 0.278 e. The van der Waals surface area contributed by atoms with Crippen LogP contribution in [0.1, 0.15) is 16.8 Å². The van der Waals surface area contributed by atoms with E-state index in [2.05, 4.69) is 20.3 Å². The monoisotopic (exact) mass is 527 g/mol. The van der Waals surface area contributed by atoms with E-state index in [-0.39, 0.29) is 11.5 Å². The maximum absolute atomic E-state index is 13.6. The van der Waals surface area contributed by atoms with Crippen molar-refractivity contribution in [2.24, 2.45) is 0 Å². The number of carbonyl (C=O) groups excluding carboxylic acids is 1. The van der Waals surface area contributed by atoms with Gasteiger partial charge in [0, 0.05) is 52.4 Å². The molecule has 0 aliphatic rings. The summed E-state index contributed by atoms with van der Waals surface area (Å²) in [6, 6.07) is 19.4. The van der Waals surface area contributed by atoms with Crippen LogP contribution in [-0.4, -0.2) is 25.4 Å². The third-order valence-corrected chi connectivity index (χ3v) is 6.21. The highest BCUT2D eigenvalue weighted by Gasteiger charge is 2.15. The molecule has 2 aromatic carbocycles. The number of benzene rings is 2. The summed E-state index contributed by atoms with van der Waals surface area (Å²) in [7, 11) is 0. The molecule has 9 heteroatoms. The molecule has 7 nitrogen and oxygen atoms in total. The first kappa shape index (κ1) is 24.4. The molecule has 5 rings (SSSR count). The molecule has 0 bridgehead atoms. The highest BCUT2D eigenvalue weighted by atomic mass is 35.5. The minimum Gasteiger partial charge on any atom is -0.322 e. The lowest BCUT2D eigenvalue weighted by molar-refractivity contribution is -0.111. The van der Waals surface area contributed by atoms with E-state index >= 15 is 0 Å². The zero-order valence-electron chi connectivity index (χ0n) is 19.3. The Balaban J connectivity index is 1.49. The van der Waals surface area contributed by atoms with Crippen molar-refractivity contribution in [3.05, 3.63) is 129 Å². The van der Waals surface area contributed by atoms with E-state index in [0.717, 1.165) is 5.56 Å². The fraction of sp³-hybridized carbons (Fsp3) is 0.0357. The predicted molar refractivity (Wildman–Crippen MR) is 146 cm³/mol. The van der Waals surface area contributed by atoms with Gasteiger partial charge in [0.15, 0.2) is 5.65 Å². The average molecular weight is 528 g/mol. The van der Waals surface area contributed by atoms with E-state index in [0.29, 0.717) is 50.3 Å². The summed E-state index contributed by atoms with van der Waals surface area (Å²) in [5.74, 6) is -0.379. The largest absolute Gasteiger partial charge is 0.322 e. The number of pyridine rings is 2. The molecule has 0 fully saturated rings. The Hall–Kier alpha value is -4.33. The second-order valence-corrected chi connectivity index (χ2v) is 8.91. The fourth-order valence-corrected chi connectivity index (χ4v) is 4.38. The van der Waals surface area contributed by atoms with Crippen molar-refractivity contribution in [2.75, 3.05) is 5.32 Å². The van der Waals surface area contributed by atoms with Gasteiger partial charge in [-0.05, 0) is 60.2 Å². The Morgan fingerprint density at radius 3 is 2.54 bits per heavy atom. The summed E-state index contributed by atoms with van der Waals surface area (Å²) < 4.78 is 1.50. The molecule has 3 aromatic heterocycles. The molecule has 0 spiro atoms. The SMILES string of the molecule is O=C(/C=C/c1c(Cl)cccc1Cl)Nc1cccc(-n2c(=O)c(Cc3cccnc3)nc3cccnc32)c1. The van der Waals surface area contributed by atoms with Crippen LogP contribution >= 0.6 is 23.2 Å². The number of rotatable bonds is 6. The van der Waals surface area contributed by atoms with E-state index in [9.17, 15) is 9.59 Å². The molecule has 0 unspecified atom stereocenters. The van der Waals surface area contributed by atoms with Crippen LogP contribution in [0.2, 0.25) is 10.0 Å². The molecule has 0 radical (unpaired) electrons. The molecule has 0 saturated carbocycles. The first-order chi connectivity index (χ1) is 18.0. The van der Waals surface area contributed by atoms with Gasteiger partial charge < -0.3 is 5.32 Å². The lowest BCUT2D eigenvalue weighted by Gasteiger charge is -2.13. The Morgan fingerprint density at radius 1 is 0.973 bits per heavy atom. The lowest BCUT2D eigenvalue weighted by Crippen LogP contribution is -2.25. The van der Waals surface area contributed by atoms with E-state index in [1.54, 1.807) is 79.3 Å². The van der Waals surface area contributed by atoms with Gasteiger partial charge in [0.05, 0.1) is 5.69 Å². The van der Waals surface area contributed by atoms with Crippen LogP contribution in [0.25, 0.3) is 22.9 Å². The Labute approximate surface area is 222 Å². The van der Waals surface area contributed by atoms with Gasteiger partial charge in [-0.15, -0.1) is 0 Å². The number of amides is 1. The van der Waals surface area contributed by atoms with Crippen molar-refractivity contribution >= 4 is 52.0 Å². The number of fused-ring (bicyclic) bond motifs is 1. The van der Waals surface area contributed by atoms with Crippen LogP contribution < -0.4 is 10.9 Å². The van der Waals surface area contributed by atoms with Crippen LogP contribution in [0.3, 0.4) is 0 Å². The standard InChI is InChI=1S/C28H19Cl2N5O2/c29-22-8-2-9-23(30)21(22)11-12-26(36)33-19-6-1-7-20(16-19)35-27-24(10-4-14-32-27)34-25(28(35)37)15-18-5-3-13-31-17-18/h1-14,16-17H,15H2,(H,33,36)/b12-11+. The van der Waals surface area contributed by atoms with Crippen molar-refractivity contribution in [1.29, 1.82) is 0 Å². The molecule has 182 valence electrons. The van der Waals surface area contributed by atoms with E-state index < -0.39 is 0 Å². The second-order valence-electron chi connectivity index (χ2n) is 8.09. The number of aromatic nitrogens is 4. The highest BCUT2D eigenvalue weighted by Crippen LogP contribution is 2.25. The molecule has 0 aliphatic heterocycles. The molecule has 0 atom stereocenters. The van der Waals surface area contributed by atoms with Crippen molar-refractivity contribution < 1.29 is 4.79 Å². The fourth-order valence-electron chi connectivity index (χ4n) is 3.85. The minimum absolute atomic E-state index is 0.299. The van der Waals surface area contributed by atoms with Crippen LogP contribution in [0.4, 0.5) is 5.69 Å². The summed E-state index contributed by atoms with van der Waals surface area (Å²) in [5, 5.41) is 3.70. The van der Waals surface area contributed by atoms with Gasteiger partial charge in [-0.2, -0.15) is 0 Å². The average Bonchev–Trinajstić information content (AvgIpc) is 2.90. The van der Waals surface area contributed by atoms with Crippen LogP contribution in [0.5, 0.6) is 0 Å². The normalized spacial score (nSPS) is 11.2. The number of nitrogens with zero attached hydrogens (tertiary/aromatic N) is 4. The van der Waals surface area contributed by atoms with Gasteiger partial charge >= 0.3 is 0 Å². The summed E-state index contributed by atoms with van der Waals surface area (Å²) in [4.78, 5) is 39.3. The van der Waals surface area contributed by atoms with Gasteiger partial charge in [-0.3, -0.25) is 19.1 Å². The predicted octanol–water partition coefficient (Wildman–Crippen LogP) is 5.73. The van der Waals surface area contributed by atoms with Crippen molar-refractivity contribution in [3.8, 4) is 5.69 Å². The molecule has 0 aliphatic carbocycles. The first-order valence-electron chi connectivity index (χ1n) is 11.3. The molecule has 37 heavy (non-hydrogen) atoms. The highest BCUT2D eigenvalue weighted by molar-refractivity contribution is 6.37. The summed E-state index contributed by atoms with van der Waals surface area (Å²) in [5.41, 5.74) is 3.52. The molecule has 1 amide bonds. The zero-order chi connectivity index (χ0) is 25.8. The van der Waals surface area contributed by atoms with Gasteiger partial charge in [-0.1, -0.05) is 41.4 Å². The minimum atomic E-state index is -0.379. The number of hydrogen-bond acceptors (Lipinski definition) is 5. The third-order valence-electron chi connectivity index (χ3n) is 5.55. The maximum Gasteiger partial charge on any atom is 0.278 e. The van der Waals surface area contributed by atoms with Crippen molar-refractivity contribution in [2.45, 2.75) is 6.42 Å². The number of hydrogen-bond donors (Lipinski definition) is 1. The van der Waals surface area contributed by atoms with Crippen LogP contribution in [0.15, 0.2) is 96.2 Å². The van der Waals surface area contributed by atoms with Crippen LogP contribution in [-0.2, 0) is 11.2 Å². The molecular formula is C28H19Cl2N5O2. The summed E-state index contributed by atoms with van der Waals surface area (Å²) in [6.45, 7) is 0. The molecular weight excluding hydrogens is 509 g/mol. The van der Waals surface area contributed by atoms with Gasteiger partial charge in [-0.25, -0.2) is 9.97 Å². The number of halogens is 2. The lowest BCUT2D eigenvalue weighted by atomic mass is 10.1. The molecule has 3 heterocycles. The summed E-state index contributed by atoms with van der Waals surface area (Å²) >= 11 is 12.3. The van der Waals surface area contributed by atoms with E-state index in [1.165, 1.54) is 10.6 Å². The quantitative estimate of drug-likeness (QED) is 0.285. The zero-order valence-corrected chi connectivity index (χ0v) is 20.8. The van der Waals surface area contributed by atoms with Crippen molar-refractivity contribution in [1.82, 2.24) is 19.5 Å². The Bertz CT molecular complexity index is 1680. The first-order valence-corrected chi connectivity index (χ1v) is 12.0. The Kier molecular flexibility index (Phi) is 7.07. The third kappa shape index (κ3) is 5.43. The molecule has 1 N–H and O–H groups in total. The van der Waals surface area contributed by atoms with Crippen LogP contribution in [0, 0.1) is 0 Å². The van der Waals surface area contributed by atoms with Crippen molar-refractivity contribution in [3.63, 3.8) is 0 Å². The Morgan fingerprint density at radius 2 is 1.76 bits per heavy atom. The van der Waals surface area contributed by atoms with Gasteiger partial charge in [0.1, 0.15) is 11.2 Å². The van der Waals surface area contributed by atoms with Gasteiger partial charge in [0.25, 0.3) is 5.56 Å². The number of carbonyl (C=O) groups is 1. The molecule has 5 aromatic rings. The maximum atomic E-state index is 13.6. The van der Waals surface area contributed by atoms with E-state index in [1.807, 2.05) is 12.1 Å².